The van der Waals surface area contributed by atoms with E-state index in [1.807, 2.05) is 0 Å². The lowest BCUT2D eigenvalue weighted by atomic mass is 9.68. The van der Waals surface area contributed by atoms with Gasteiger partial charge in [-0.05, 0) is 75.8 Å². The molecule has 1 saturated carbocycles. The van der Waals surface area contributed by atoms with Gasteiger partial charge in [-0.3, -0.25) is 0 Å². The first-order chi connectivity index (χ1) is 10.8. The van der Waals surface area contributed by atoms with Crippen LogP contribution in [0, 0.1) is 11.3 Å². The van der Waals surface area contributed by atoms with Crippen LogP contribution in [0.25, 0.3) is 0 Å². The predicted molar refractivity (Wildman–Crippen MR) is 97.8 cm³/mol. The SMILES string of the molecule is C=C[C@@H]1CC[C@H](OC(C)(C)C)[C@@]1(C)CCC1Cc2ccccc21. The van der Waals surface area contributed by atoms with Crippen LogP contribution in [0.1, 0.15) is 70.4 Å². The molecule has 23 heavy (non-hydrogen) atoms. The van der Waals surface area contributed by atoms with Crippen molar-refractivity contribution < 1.29 is 4.74 Å². The van der Waals surface area contributed by atoms with Crippen molar-refractivity contribution in [3.8, 4) is 0 Å². The summed E-state index contributed by atoms with van der Waals surface area (Å²) < 4.78 is 6.45. The molecule has 2 aliphatic rings. The van der Waals surface area contributed by atoms with Gasteiger partial charge in [0.1, 0.15) is 0 Å². The Morgan fingerprint density at radius 1 is 1.26 bits per heavy atom. The number of fused-ring (bicyclic) bond motifs is 1. The zero-order valence-electron chi connectivity index (χ0n) is 15.3. The second kappa shape index (κ2) is 6.09. The molecule has 0 bridgehead atoms. The Labute approximate surface area is 142 Å². The molecule has 0 amide bonds. The van der Waals surface area contributed by atoms with E-state index in [4.69, 9.17) is 4.74 Å². The third-order valence-corrected chi connectivity index (χ3v) is 6.10. The molecule has 1 aromatic carbocycles. The first-order valence-electron chi connectivity index (χ1n) is 9.21. The molecule has 0 saturated heterocycles. The number of benzene rings is 1. The van der Waals surface area contributed by atoms with E-state index in [9.17, 15) is 0 Å². The van der Waals surface area contributed by atoms with E-state index in [1.54, 1.807) is 11.1 Å². The van der Waals surface area contributed by atoms with Crippen molar-refractivity contribution in [3.63, 3.8) is 0 Å². The molecule has 1 unspecified atom stereocenters. The van der Waals surface area contributed by atoms with E-state index in [2.05, 4.69) is 64.6 Å². The molecule has 1 heteroatoms. The second-order valence-electron chi connectivity index (χ2n) is 8.78. The average molecular weight is 312 g/mol. The predicted octanol–water partition coefficient (Wildman–Crippen LogP) is 5.89. The summed E-state index contributed by atoms with van der Waals surface area (Å²) in [5.74, 6) is 1.34. The van der Waals surface area contributed by atoms with Gasteiger partial charge >= 0.3 is 0 Å². The maximum Gasteiger partial charge on any atom is 0.0641 e. The van der Waals surface area contributed by atoms with Crippen LogP contribution in [0.15, 0.2) is 36.9 Å². The van der Waals surface area contributed by atoms with Crippen molar-refractivity contribution in [1.82, 2.24) is 0 Å². The van der Waals surface area contributed by atoms with Crippen molar-refractivity contribution >= 4 is 0 Å². The smallest absolute Gasteiger partial charge is 0.0641 e. The molecule has 0 radical (unpaired) electrons. The topological polar surface area (TPSA) is 9.23 Å². The van der Waals surface area contributed by atoms with E-state index < -0.39 is 0 Å². The molecule has 126 valence electrons. The first kappa shape index (κ1) is 16.8. The minimum atomic E-state index is -0.0644. The number of allylic oxidation sites excluding steroid dienone is 1. The lowest BCUT2D eigenvalue weighted by Gasteiger charge is -2.41. The molecule has 0 spiro atoms. The van der Waals surface area contributed by atoms with Crippen LogP contribution in [0.5, 0.6) is 0 Å². The fourth-order valence-corrected chi connectivity index (χ4v) is 4.69. The maximum atomic E-state index is 6.45. The molecule has 1 fully saturated rings. The summed E-state index contributed by atoms with van der Waals surface area (Å²) in [6.45, 7) is 13.1. The molecular weight excluding hydrogens is 280 g/mol. The highest BCUT2D eigenvalue weighted by molar-refractivity contribution is 5.39. The van der Waals surface area contributed by atoms with Crippen molar-refractivity contribution in [2.24, 2.45) is 11.3 Å². The van der Waals surface area contributed by atoms with Crippen LogP contribution in [0.3, 0.4) is 0 Å². The fraction of sp³-hybridized carbons (Fsp3) is 0.636. The van der Waals surface area contributed by atoms with Crippen molar-refractivity contribution in [2.45, 2.75) is 77.4 Å². The summed E-state index contributed by atoms with van der Waals surface area (Å²) in [4.78, 5) is 0. The summed E-state index contributed by atoms with van der Waals surface area (Å²) >= 11 is 0. The Morgan fingerprint density at radius 3 is 2.65 bits per heavy atom. The molecule has 0 heterocycles. The van der Waals surface area contributed by atoms with Crippen LogP contribution < -0.4 is 0 Å². The van der Waals surface area contributed by atoms with Gasteiger partial charge in [-0.2, -0.15) is 0 Å². The molecule has 0 N–H and O–H groups in total. The molecular formula is C22H32O. The highest BCUT2D eigenvalue weighted by atomic mass is 16.5. The number of ether oxygens (including phenoxy) is 1. The Bertz CT molecular complexity index is 568. The highest BCUT2D eigenvalue weighted by Crippen LogP contribution is 2.52. The van der Waals surface area contributed by atoms with Crippen molar-refractivity contribution in [1.29, 1.82) is 0 Å². The van der Waals surface area contributed by atoms with Gasteiger partial charge in [-0.25, -0.2) is 0 Å². The van der Waals surface area contributed by atoms with E-state index in [0.29, 0.717) is 12.0 Å². The van der Waals surface area contributed by atoms with Crippen LogP contribution in [0.2, 0.25) is 0 Å². The van der Waals surface area contributed by atoms with Gasteiger partial charge in [0.2, 0.25) is 0 Å². The Morgan fingerprint density at radius 2 is 2.00 bits per heavy atom. The summed E-state index contributed by atoms with van der Waals surface area (Å²) in [5, 5.41) is 0. The van der Waals surface area contributed by atoms with Crippen LogP contribution in [-0.4, -0.2) is 11.7 Å². The Hall–Kier alpha value is -1.08. The largest absolute Gasteiger partial charge is 0.372 e. The molecule has 2 aliphatic carbocycles. The number of hydrogen-bond donors (Lipinski definition) is 0. The second-order valence-corrected chi connectivity index (χ2v) is 8.78. The first-order valence-corrected chi connectivity index (χ1v) is 9.21. The lowest BCUT2D eigenvalue weighted by molar-refractivity contribution is -0.108. The molecule has 3 rings (SSSR count). The van der Waals surface area contributed by atoms with Crippen LogP contribution in [-0.2, 0) is 11.2 Å². The van der Waals surface area contributed by atoms with E-state index in [-0.39, 0.29) is 11.0 Å². The van der Waals surface area contributed by atoms with Gasteiger partial charge in [0.25, 0.3) is 0 Å². The Balaban J connectivity index is 1.69. The Kier molecular flexibility index (Phi) is 4.44. The highest BCUT2D eigenvalue weighted by Gasteiger charge is 2.47. The van der Waals surface area contributed by atoms with Gasteiger partial charge in [-0.1, -0.05) is 37.3 Å². The van der Waals surface area contributed by atoms with Crippen molar-refractivity contribution in [3.05, 3.63) is 48.0 Å². The molecule has 0 aliphatic heterocycles. The van der Waals surface area contributed by atoms with Gasteiger partial charge in [0.15, 0.2) is 0 Å². The third-order valence-electron chi connectivity index (χ3n) is 6.10. The lowest BCUT2D eigenvalue weighted by Crippen LogP contribution is -2.39. The monoisotopic (exact) mass is 312 g/mol. The van der Waals surface area contributed by atoms with Gasteiger partial charge in [0, 0.05) is 5.41 Å². The molecule has 4 atom stereocenters. The van der Waals surface area contributed by atoms with E-state index in [0.717, 1.165) is 5.92 Å². The summed E-state index contributed by atoms with van der Waals surface area (Å²) in [7, 11) is 0. The summed E-state index contributed by atoms with van der Waals surface area (Å²) in [6, 6.07) is 8.93. The fourth-order valence-electron chi connectivity index (χ4n) is 4.69. The molecule has 0 aromatic heterocycles. The minimum Gasteiger partial charge on any atom is -0.372 e. The summed E-state index contributed by atoms with van der Waals surface area (Å²) in [6.07, 6.45) is 8.72. The van der Waals surface area contributed by atoms with E-state index in [1.165, 1.54) is 32.1 Å². The average Bonchev–Trinajstić information content (AvgIpc) is 2.75. The minimum absolute atomic E-state index is 0.0644. The quantitative estimate of drug-likeness (QED) is 0.616. The van der Waals surface area contributed by atoms with Crippen LogP contribution >= 0.6 is 0 Å². The van der Waals surface area contributed by atoms with Gasteiger partial charge in [-0.15, -0.1) is 6.58 Å². The number of rotatable bonds is 5. The van der Waals surface area contributed by atoms with E-state index >= 15 is 0 Å². The van der Waals surface area contributed by atoms with Crippen LogP contribution in [0.4, 0.5) is 0 Å². The maximum absolute atomic E-state index is 6.45. The zero-order chi connectivity index (χ0) is 16.7. The molecule has 1 aromatic rings. The number of hydrogen-bond acceptors (Lipinski definition) is 1. The van der Waals surface area contributed by atoms with Gasteiger partial charge in [0.05, 0.1) is 11.7 Å². The summed E-state index contributed by atoms with van der Waals surface area (Å²) in [5.41, 5.74) is 3.30. The standard InChI is InChI=1S/C22H32O/c1-6-18-11-12-20(23-21(2,3)4)22(18,5)14-13-17-15-16-9-7-8-10-19(16)17/h6-10,17-18,20H,1,11-15H2,2-5H3/t17?,18-,20+,22+/m1/s1. The zero-order valence-corrected chi connectivity index (χ0v) is 15.3. The third kappa shape index (κ3) is 3.26. The van der Waals surface area contributed by atoms with Crippen molar-refractivity contribution in [2.75, 3.05) is 0 Å². The normalized spacial score (nSPS) is 33.1. The molecule has 1 nitrogen and oxygen atoms in total. The van der Waals surface area contributed by atoms with Gasteiger partial charge < -0.3 is 4.74 Å².